The average Bonchev–Trinajstić information content (AvgIpc) is 2.96. The molecular formula is C31H31F2NO7. The molecule has 2 aliphatic heterocycles. The van der Waals surface area contributed by atoms with Crippen LogP contribution in [0.4, 0.5) is 14.5 Å². The minimum absolute atomic E-state index is 0.0734. The zero-order valence-corrected chi connectivity index (χ0v) is 22.0. The van der Waals surface area contributed by atoms with Gasteiger partial charge >= 0.3 is 5.97 Å². The highest BCUT2D eigenvalue weighted by Crippen LogP contribution is 2.45. The van der Waals surface area contributed by atoms with Gasteiger partial charge in [0, 0.05) is 12.1 Å². The largest absolute Gasteiger partial charge is 0.479 e. The summed E-state index contributed by atoms with van der Waals surface area (Å²) in [6, 6.07) is 18.9. The summed E-state index contributed by atoms with van der Waals surface area (Å²) >= 11 is 0. The number of amides is 1. The smallest absolute Gasteiger partial charge is 0.335 e. The third kappa shape index (κ3) is 6.01. The number of hydrogen-bond acceptors (Lipinski definition) is 6. The van der Waals surface area contributed by atoms with E-state index in [9.17, 15) is 38.8 Å². The molecule has 3 aromatic rings. The molecule has 7 atom stereocenters. The number of carbonyl (C=O) groups is 2. The average molecular weight is 568 g/mol. The van der Waals surface area contributed by atoms with Crippen LogP contribution in [0.25, 0.3) is 0 Å². The van der Waals surface area contributed by atoms with Crippen molar-refractivity contribution in [3.8, 4) is 0 Å². The van der Waals surface area contributed by atoms with Gasteiger partial charge in [0.25, 0.3) is 0 Å². The van der Waals surface area contributed by atoms with Crippen molar-refractivity contribution in [3.63, 3.8) is 0 Å². The molecule has 8 nitrogen and oxygen atoms in total. The molecule has 41 heavy (non-hydrogen) atoms. The van der Waals surface area contributed by atoms with Crippen molar-refractivity contribution in [1.82, 2.24) is 0 Å². The molecule has 0 bridgehead atoms. The summed E-state index contributed by atoms with van der Waals surface area (Å²) in [5.74, 6) is -2.54. The third-order valence-electron chi connectivity index (χ3n) is 7.93. The minimum Gasteiger partial charge on any atom is -0.479 e. The van der Waals surface area contributed by atoms with Crippen molar-refractivity contribution in [3.05, 3.63) is 101 Å². The van der Waals surface area contributed by atoms with Crippen LogP contribution in [0.1, 0.15) is 35.6 Å². The Kier molecular flexibility index (Phi) is 8.46. The first-order chi connectivity index (χ1) is 19.6. The van der Waals surface area contributed by atoms with Crippen molar-refractivity contribution >= 4 is 17.6 Å². The van der Waals surface area contributed by atoms with Gasteiger partial charge in [-0.3, -0.25) is 4.79 Å². The molecule has 0 spiro atoms. The number of aliphatic hydroxyl groups excluding tert-OH is 3. The molecule has 5 rings (SSSR count). The van der Waals surface area contributed by atoms with Gasteiger partial charge in [0.1, 0.15) is 29.9 Å². The Bertz CT molecular complexity index is 1370. The number of aliphatic hydroxyl groups is 3. The normalized spacial score (nSPS) is 27.9. The topological polar surface area (TPSA) is 128 Å². The van der Waals surface area contributed by atoms with Crippen molar-refractivity contribution < 1.29 is 43.5 Å². The molecule has 0 saturated carbocycles. The highest BCUT2D eigenvalue weighted by atomic mass is 19.1. The number of carboxylic acid groups (broad SMARTS) is 1. The lowest BCUT2D eigenvalue weighted by Crippen LogP contribution is -2.60. The molecule has 0 radical (unpaired) electrons. The van der Waals surface area contributed by atoms with E-state index < -0.39 is 42.3 Å². The maximum Gasteiger partial charge on any atom is 0.335 e. The van der Waals surface area contributed by atoms with Gasteiger partial charge in [-0.05, 0) is 72.4 Å². The van der Waals surface area contributed by atoms with Crippen molar-refractivity contribution in [1.29, 1.82) is 0 Å². The summed E-state index contributed by atoms with van der Waals surface area (Å²) in [6.07, 6.45) is -5.55. The van der Waals surface area contributed by atoms with E-state index in [1.165, 1.54) is 24.3 Å². The summed E-state index contributed by atoms with van der Waals surface area (Å²) in [6.45, 7) is 0. The van der Waals surface area contributed by atoms with Crippen molar-refractivity contribution in [2.24, 2.45) is 5.92 Å². The summed E-state index contributed by atoms with van der Waals surface area (Å²) in [5, 5.41) is 39.7. The Morgan fingerprint density at radius 2 is 1.39 bits per heavy atom. The third-order valence-corrected chi connectivity index (χ3v) is 7.93. The molecule has 7 unspecified atom stereocenters. The van der Waals surface area contributed by atoms with E-state index in [1.807, 2.05) is 12.1 Å². The van der Waals surface area contributed by atoms with Gasteiger partial charge < -0.3 is 30.1 Å². The first kappa shape index (κ1) is 28.8. The first-order valence-electron chi connectivity index (χ1n) is 13.5. The second-order valence-corrected chi connectivity index (χ2v) is 10.6. The number of benzene rings is 3. The van der Waals surface area contributed by atoms with Gasteiger partial charge in [0.2, 0.25) is 5.91 Å². The molecular weight excluding hydrogens is 536 g/mol. The standard InChI is InChI=1S/C31H31F2NO7/c32-20-10-6-17(7-11-20)2-1-3-23-25(34(30(23)38)22-14-12-21(33)13-15-22)19-8-4-18(5-9-19)16-24-26(35)27(36)28(37)29(41-24)31(39)40/h4-15,23-29,35-37H,1-3,16H2,(H,39,40). The number of ether oxygens (including phenoxy) is 1. The van der Waals surface area contributed by atoms with Crippen LogP contribution in [0.5, 0.6) is 0 Å². The van der Waals surface area contributed by atoms with Crippen molar-refractivity contribution in [2.45, 2.75) is 62.2 Å². The number of aliphatic carboxylic acids is 1. The quantitative estimate of drug-likeness (QED) is 0.293. The lowest BCUT2D eigenvalue weighted by atomic mass is 9.78. The van der Waals surface area contributed by atoms with E-state index in [0.29, 0.717) is 30.5 Å². The number of carboxylic acids is 1. The molecule has 2 heterocycles. The number of anilines is 1. The van der Waals surface area contributed by atoms with Gasteiger partial charge in [0.15, 0.2) is 6.10 Å². The van der Waals surface area contributed by atoms with Crippen LogP contribution in [0.3, 0.4) is 0 Å². The predicted octanol–water partition coefficient (Wildman–Crippen LogP) is 3.17. The Balaban J connectivity index is 1.32. The maximum atomic E-state index is 13.6. The fourth-order valence-electron chi connectivity index (χ4n) is 5.68. The van der Waals surface area contributed by atoms with Crippen LogP contribution in [0, 0.1) is 17.6 Å². The monoisotopic (exact) mass is 567 g/mol. The number of carbonyl (C=O) groups excluding carboxylic acids is 1. The summed E-state index contributed by atoms with van der Waals surface area (Å²) < 4.78 is 32.2. The molecule has 1 amide bonds. The Labute approximate surface area is 235 Å². The number of β-lactam (4-membered cyclic amide) rings is 1. The summed E-state index contributed by atoms with van der Waals surface area (Å²) in [7, 11) is 0. The SMILES string of the molecule is O=C(O)C1OC(Cc2ccc(C3C(CCCc4ccc(F)cc4)C(=O)N3c3ccc(F)cc3)cc2)C(O)C(O)C1O. The van der Waals surface area contributed by atoms with E-state index >= 15 is 0 Å². The van der Waals surface area contributed by atoms with E-state index in [2.05, 4.69) is 0 Å². The van der Waals surface area contributed by atoms with Crippen LogP contribution in [0.15, 0.2) is 72.8 Å². The fourth-order valence-corrected chi connectivity index (χ4v) is 5.68. The predicted molar refractivity (Wildman–Crippen MR) is 144 cm³/mol. The molecule has 0 aromatic heterocycles. The molecule has 2 fully saturated rings. The Morgan fingerprint density at radius 3 is 2.00 bits per heavy atom. The van der Waals surface area contributed by atoms with Gasteiger partial charge in [-0.25, -0.2) is 13.6 Å². The molecule has 3 aromatic carbocycles. The van der Waals surface area contributed by atoms with Gasteiger partial charge in [-0.2, -0.15) is 0 Å². The molecule has 4 N–H and O–H groups in total. The molecule has 2 aliphatic rings. The lowest BCUT2D eigenvalue weighted by molar-refractivity contribution is -0.227. The molecule has 0 aliphatic carbocycles. The number of hydrogen-bond donors (Lipinski definition) is 4. The van der Waals surface area contributed by atoms with Crippen LogP contribution >= 0.6 is 0 Å². The number of nitrogens with zero attached hydrogens (tertiary/aromatic N) is 1. The first-order valence-corrected chi connectivity index (χ1v) is 13.5. The zero-order valence-electron chi connectivity index (χ0n) is 22.0. The lowest BCUT2D eigenvalue weighted by Gasteiger charge is -2.48. The van der Waals surface area contributed by atoms with E-state index in [4.69, 9.17) is 4.74 Å². The zero-order chi connectivity index (χ0) is 29.3. The van der Waals surface area contributed by atoms with Crippen LogP contribution in [-0.2, 0) is 27.2 Å². The van der Waals surface area contributed by atoms with Gasteiger partial charge in [-0.15, -0.1) is 0 Å². The van der Waals surface area contributed by atoms with E-state index in [1.54, 1.807) is 41.3 Å². The number of rotatable bonds is 9. The number of halogens is 2. The van der Waals surface area contributed by atoms with E-state index in [-0.39, 0.29) is 30.1 Å². The summed E-state index contributed by atoms with van der Waals surface area (Å²) in [4.78, 5) is 26.3. The minimum atomic E-state index is -1.75. The second kappa shape index (κ2) is 12.0. The molecule has 2 saturated heterocycles. The molecule has 216 valence electrons. The highest BCUT2D eigenvalue weighted by molar-refractivity contribution is 6.03. The van der Waals surface area contributed by atoms with Crippen LogP contribution in [-0.4, -0.2) is 62.8 Å². The van der Waals surface area contributed by atoms with Crippen molar-refractivity contribution in [2.75, 3.05) is 4.90 Å². The summed E-state index contributed by atoms with van der Waals surface area (Å²) in [5.41, 5.74) is 3.08. The van der Waals surface area contributed by atoms with Gasteiger partial charge in [0.05, 0.1) is 18.1 Å². The van der Waals surface area contributed by atoms with Crippen LogP contribution in [0.2, 0.25) is 0 Å². The Hall–Kier alpha value is -3.70. The molecule has 10 heteroatoms. The van der Waals surface area contributed by atoms with E-state index in [0.717, 1.165) is 11.1 Å². The Morgan fingerprint density at radius 1 is 0.805 bits per heavy atom. The maximum absolute atomic E-state index is 13.6. The highest BCUT2D eigenvalue weighted by Gasteiger charge is 2.49. The second-order valence-electron chi connectivity index (χ2n) is 10.6. The van der Waals surface area contributed by atoms with Crippen LogP contribution < -0.4 is 4.90 Å². The fraction of sp³-hybridized carbons (Fsp3) is 0.355. The van der Waals surface area contributed by atoms with Gasteiger partial charge in [-0.1, -0.05) is 36.4 Å². The number of aryl methyl sites for hydroxylation is 1.